The van der Waals surface area contributed by atoms with E-state index in [1.54, 1.807) is 6.07 Å². The molecule has 4 nitrogen and oxygen atoms in total. The van der Waals surface area contributed by atoms with Crippen LogP contribution in [0.3, 0.4) is 0 Å². The summed E-state index contributed by atoms with van der Waals surface area (Å²) in [6, 6.07) is 7.73. The van der Waals surface area contributed by atoms with E-state index in [-0.39, 0.29) is 5.82 Å². The van der Waals surface area contributed by atoms with E-state index in [2.05, 4.69) is 36.1 Å². The number of nitrogens with zero attached hydrogens (tertiary/aromatic N) is 3. The van der Waals surface area contributed by atoms with Crippen LogP contribution in [0.1, 0.15) is 23.1 Å². The zero-order valence-electron chi connectivity index (χ0n) is 17.4. The van der Waals surface area contributed by atoms with Gasteiger partial charge in [0.25, 0.3) is 0 Å². The molecule has 1 N–H and O–H groups in total. The monoisotopic (exact) mass is 480 g/mol. The minimum absolute atomic E-state index is 0.262. The average Bonchev–Trinajstić information content (AvgIpc) is 2.66. The van der Waals surface area contributed by atoms with E-state index >= 15 is 0 Å². The highest BCUT2D eigenvalue weighted by molar-refractivity contribution is 9.10. The predicted molar refractivity (Wildman–Crippen MR) is 119 cm³/mol. The van der Waals surface area contributed by atoms with Gasteiger partial charge in [0, 0.05) is 22.0 Å². The van der Waals surface area contributed by atoms with Crippen LogP contribution in [0.5, 0.6) is 0 Å². The van der Waals surface area contributed by atoms with E-state index in [1.807, 2.05) is 40.1 Å². The van der Waals surface area contributed by atoms with E-state index in [0.29, 0.717) is 22.4 Å². The molecule has 0 atom stereocenters. The van der Waals surface area contributed by atoms with Gasteiger partial charge in [-0.1, -0.05) is 28.1 Å². The fourth-order valence-electron chi connectivity index (χ4n) is 3.27. The van der Waals surface area contributed by atoms with Crippen molar-refractivity contribution in [1.82, 2.24) is 14.9 Å². The molecule has 0 aliphatic heterocycles. The minimum Gasteiger partial charge on any atom is -0.369 e. The van der Waals surface area contributed by atoms with Gasteiger partial charge in [0.05, 0.1) is 11.1 Å². The van der Waals surface area contributed by atoms with Crippen LogP contribution in [0.25, 0.3) is 22.3 Å². The maximum absolute atomic E-state index is 13.3. The molecule has 0 saturated carbocycles. The highest BCUT2D eigenvalue weighted by Crippen LogP contribution is 2.35. The van der Waals surface area contributed by atoms with Crippen molar-refractivity contribution in [2.45, 2.75) is 26.4 Å². The number of benzene rings is 2. The molecule has 2 aromatic carbocycles. The first-order valence-electron chi connectivity index (χ1n) is 9.61. The van der Waals surface area contributed by atoms with Crippen molar-refractivity contribution in [3.8, 4) is 11.4 Å². The maximum atomic E-state index is 13.3. The zero-order valence-corrected chi connectivity index (χ0v) is 18.9. The number of fused-ring (bicyclic) bond motifs is 1. The summed E-state index contributed by atoms with van der Waals surface area (Å²) < 4.78 is 40.2. The fourth-order valence-corrected chi connectivity index (χ4v) is 3.77. The minimum atomic E-state index is -4.45. The molecule has 8 heteroatoms. The second-order valence-corrected chi connectivity index (χ2v) is 8.54. The molecule has 160 valence electrons. The molecule has 0 amide bonds. The van der Waals surface area contributed by atoms with Crippen molar-refractivity contribution < 1.29 is 13.2 Å². The normalized spacial score (nSPS) is 12.0. The quantitative estimate of drug-likeness (QED) is 0.435. The van der Waals surface area contributed by atoms with Crippen molar-refractivity contribution in [3.63, 3.8) is 0 Å². The molecule has 3 rings (SSSR count). The lowest BCUT2D eigenvalue weighted by atomic mass is 10.0. The smallest absolute Gasteiger partial charge is 0.369 e. The molecular formula is C22H24BrF3N4. The average molecular weight is 481 g/mol. The molecule has 0 bridgehead atoms. The van der Waals surface area contributed by atoms with Gasteiger partial charge in [0.1, 0.15) is 5.82 Å². The Labute approximate surface area is 182 Å². The Bertz CT molecular complexity index is 1060. The Morgan fingerprint density at radius 2 is 1.73 bits per heavy atom. The van der Waals surface area contributed by atoms with Crippen LogP contribution in [0.4, 0.5) is 19.0 Å². The molecule has 0 saturated heterocycles. The van der Waals surface area contributed by atoms with E-state index < -0.39 is 11.7 Å². The topological polar surface area (TPSA) is 41.0 Å². The zero-order chi connectivity index (χ0) is 22.1. The van der Waals surface area contributed by atoms with Crippen LogP contribution in [0, 0.1) is 13.8 Å². The van der Waals surface area contributed by atoms with Gasteiger partial charge in [-0.05, 0) is 70.2 Å². The molecule has 3 aromatic rings. The van der Waals surface area contributed by atoms with Crippen LogP contribution < -0.4 is 5.32 Å². The van der Waals surface area contributed by atoms with E-state index in [0.717, 1.165) is 47.1 Å². The van der Waals surface area contributed by atoms with Gasteiger partial charge in [-0.3, -0.25) is 0 Å². The molecule has 1 aromatic heterocycles. The summed E-state index contributed by atoms with van der Waals surface area (Å²) in [6.45, 7) is 5.54. The van der Waals surface area contributed by atoms with Crippen LogP contribution in [0.2, 0.25) is 0 Å². The van der Waals surface area contributed by atoms with Crippen molar-refractivity contribution in [2.75, 3.05) is 32.5 Å². The Morgan fingerprint density at radius 1 is 1.03 bits per heavy atom. The summed E-state index contributed by atoms with van der Waals surface area (Å²) >= 11 is 3.19. The van der Waals surface area contributed by atoms with Crippen LogP contribution in [-0.4, -0.2) is 42.1 Å². The second kappa shape index (κ2) is 8.89. The fraction of sp³-hybridized carbons (Fsp3) is 0.364. The van der Waals surface area contributed by atoms with Gasteiger partial charge >= 0.3 is 6.18 Å². The Balaban J connectivity index is 2.12. The van der Waals surface area contributed by atoms with E-state index in [4.69, 9.17) is 0 Å². The van der Waals surface area contributed by atoms with Gasteiger partial charge in [0.15, 0.2) is 5.82 Å². The number of hydrogen-bond donors (Lipinski definition) is 1. The predicted octanol–water partition coefficient (Wildman–Crippen LogP) is 6.06. The number of rotatable bonds is 6. The summed E-state index contributed by atoms with van der Waals surface area (Å²) in [5.41, 5.74) is 2.28. The number of hydrogen-bond acceptors (Lipinski definition) is 4. The summed E-state index contributed by atoms with van der Waals surface area (Å²) in [7, 11) is 4.02. The standard InChI is InChI=1S/C22H24BrF3N4/c1-13-6-7-14(2)19-18(13)21(27-8-5-9-30(3)4)29-20(28-19)15-10-16(22(24,25)26)12-17(23)11-15/h6-7,10-12H,5,8-9H2,1-4H3,(H,27,28,29). The number of halogens is 4. The van der Waals surface area contributed by atoms with Crippen molar-refractivity contribution in [1.29, 1.82) is 0 Å². The third kappa shape index (κ3) is 5.10. The van der Waals surface area contributed by atoms with E-state index in [9.17, 15) is 13.2 Å². The highest BCUT2D eigenvalue weighted by Gasteiger charge is 2.31. The number of aromatic nitrogens is 2. The van der Waals surface area contributed by atoms with Gasteiger partial charge in [-0.25, -0.2) is 9.97 Å². The van der Waals surface area contributed by atoms with Crippen LogP contribution in [0.15, 0.2) is 34.8 Å². The summed E-state index contributed by atoms with van der Waals surface area (Å²) in [5.74, 6) is 0.904. The first-order valence-corrected chi connectivity index (χ1v) is 10.4. The molecule has 0 aliphatic carbocycles. The Kier molecular flexibility index (Phi) is 6.67. The van der Waals surface area contributed by atoms with Gasteiger partial charge < -0.3 is 10.2 Å². The molecule has 0 radical (unpaired) electrons. The van der Waals surface area contributed by atoms with Crippen LogP contribution >= 0.6 is 15.9 Å². The van der Waals surface area contributed by atoms with Gasteiger partial charge in [-0.15, -0.1) is 0 Å². The lowest BCUT2D eigenvalue weighted by Crippen LogP contribution is -2.17. The van der Waals surface area contributed by atoms with Crippen molar-refractivity contribution in [2.24, 2.45) is 0 Å². The second-order valence-electron chi connectivity index (χ2n) is 7.63. The lowest BCUT2D eigenvalue weighted by Gasteiger charge is -2.16. The largest absolute Gasteiger partial charge is 0.416 e. The summed E-state index contributed by atoms with van der Waals surface area (Å²) in [4.78, 5) is 11.4. The lowest BCUT2D eigenvalue weighted by molar-refractivity contribution is -0.137. The maximum Gasteiger partial charge on any atom is 0.416 e. The number of nitrogens with one attached hydrogen (secondary N) is 1. The first kappa shape index (κ1) is 22.5. The Hall–Kier alpha value is -2.19. The molecule has 0 unspecified atom stereocenters. The van der Waals surface area contributed by atoms with Gasteiger partial charge in [-0.2, -0.15) is 13.2 Å². The van der Waals surface area contributed by atoms with Crippen molar-refractivity contribution in [3.05, 3.63) is 51.5 Å². The van der Waals surface area contributed by atoms with Gasteiger partial charge in [0.2, 0.25) is 0 Å². The molecule has 30 heavy (non-hydrogen) atoms. The Morgan fingerprint density at radius 3 is 2.40 bits per heavy atom. The SMILES string of the molecule is Cc1ccc(C)c2c(NCCCN(C)C)nc(-c3cc(Br)cc(C(F)(F)F)c3)nc12. The third-order valence-corrected chi connectivity index (χ3v) is 5.28. The third-order valence-electron chi connectivity index (χ3n) is 4.82. The molecule has 0 aliphatic rings. The summed E-state index contributed by atoms with van der Waals surface area (Å²) in [6.07, 6.45) is -3.54. The molecular weight excluding hydrogens is 457 g/mol. The number of anilines is 1. The molecule has 1 heterocycles. The van der Waals surface area contributed by atoms with E-state index in [1.165, 1.54) is 0 Å². The van der Waals surface area contributed by atoms with Crippen LogP contribution in [-0.2, 0) is 6.18 Å². The first-order chi connectivity index (χ1) is 14.1. The number of alkyl halides is 3. The summed E-state index contributed by atoms with van der Waals surface area (Å²) in [5, 5.41) is 4.27. The highest BCUT2D eigenvalue weighted by atomic mass is 79.9. The molecule has 0 fully saturated rings. The number of aryl methyl sites for hydroxylation is 2. The van der Waals surface area contributed by atoms with Crippen molar-refractivity contribution >= 4 is 32.7 Å². The molecule has 0 spiro atoms.